The highest BCUT2D eigenvalue weighted by Crippen LogP contribution is 2.18. The molecule has 0 aliphatic carbocycles. The van der Waals surface area contributed by atoms with Gasteiger partial charge in [-0.25, -0.2) is 0 Å². The van der Waals surface area contributed by atoms with Gasteiger partial charge in [0.1, 0.15) is 0 Å². The van der Waals surface area contributed by atoms with Crippen molar-refractivity contribution < 1.29 is 4.79 Å². The average molecular weight is 240 g/mol. The van der Waals surface area contributed by atoms with E-state index in [-0.39, 0.29) is 11.4 Å². The van der Waals surface area contributed by atoms with Crippen LogP contribution >= 0.6 is 11.3 Å². The van der Waals surface area contributed by atoms with E-state index in [1.165, 1.54) is 11.3 Å². The molecule has 16 heavy (non-hydrogen) atoms. The van der Waals surface area contributed by atoms with Gasteiger partial charge in [0.2, 0.25) is 0 Å². The molecule has 1 heterocycles. The fourth-order valence-corrected chi connectivity index (χ4v) is 2.39. The summed E-state index contributed by atoms with van der Waals surface area (Å²) < 4.78 is 0. The van der Waals surface area contributed by atoms with Crippen molar-refractivity contribution >= 4 is 17.2 Å². The van der Waals surface area contributed by atoms with E-state index in [1.54, 1.807) is 0 Å². The molecule has 90 valence electrons. The smallest absolute Gasteiger partial charge is 0.261 e. The van der Waals surface area contributed by atoms with E-state index < -0.39 is 0 Å². The zero-order chi connectivity index (χ0) is 12.2. The van der Waals surface area contributed by atoms with Crippen molar-refractivity contribution in [3.63, 3.8) is 0 Å². The molecule has 0 spiro atoms. The molecule has 0 aliphatic heterocycles. The summed E-state index contributed by atoms with van der Waals surface area (Å²) in [6, 6.07) is 3.82. The molecule has 1 aromatic heterocycles. The molecule has 1 amide bonds. The zero-order valence-corrected chi connectivity index (χ0v) is 11.0. The maximum absolute atomic E-state index is 12.0. The van der Waals surface area contributed by atoms with Gasteiger partial charge in [-0.3, -0.25) is 4.79 Å². The van der Waals surface area contributed by atoms with E-state index in [0.717, 1.165) is 22.6 Å². The molecule has 0 saturated heterocycles. The lowest BCUT2D eigenvalue weighted by atomic mass is 9.93. The van der Waals surface area contributed by atoms with Crippen LogP contribution in [0.25, 0.3) is 0 Å². The molecule has 0 atom stereocenters. The van der Waals surface area contributed by atoms with E-state index >= 15 is 0 Å². The first kappa shape index (κ1) is 13.2. The number of amides is 1. The Morgan fingerprint density at radius 2 is 2.06 bits per heavy atom. The van der Waals surface area contributed by atoms with Crippen LogP contribution in [-0.4, -0.2) is 18.0 Å². The SMILES string of the molecule is CCC(CC)(CN)NC(=O)c1ccc(C)s1. The van der Waals surface area contributed by atoms with Crippen LogP contribution < -0.4 is 11.1 Å². The van der Waals surface area contributed by atoms with Gasteiger partial charge in [0.15, 0.2) is 0 Å². The molecule has 1 aromatic rings. The maximum atomic E-state index is 12.0. The Labute approximate surface area is 101 Å². The predicted molar refractivity (Wildman–Crippen MR) is 68.9 cm³/mol. The topological polar surface area (TPSA) is 55.1 Å². The molecule has 3 N–H and O–H groups in total. The first-order chi connectivity index (χ1) is 7.56. The van der Waals surface area contributed by atoms with Gasteiger partial charge in [-0.05, 0) is 31.9 Å². The Morgan fingerprint density at radius 1 is 1.44 bits per heavy atom. The third-order valence-corrected chi connectivity index (χ3v) is 4.09. The summed E-state index contributed by atoms with van der Waals surface area (Å²) in [6.07, 6.45) is 1.71. The highest BCUT2D eigenvalue weighted by molar-refractivity contribution is 7.13. The average Bonchev–Trinajstić information content (AvgIpc) is 2.73. The van der Waals surface area contributed by atoms with Gasteiger partial charge in [-0.2, -0.15) is 0 Å². The van der Waals surface area contributed by atoms with Crippen LogP contribution in [0.1, 0.15) is 41.2 Å². The maximum Gasteiger partial charge on any atom is 0.261 e. The van der Waals surface area contributed by atoms with Gasteiger partial charge in [0, 0.05) is 11.4 Å². The Kier molecular flexibility index (Phi) is 4.50. The fourth-order valence-electron chi connectivity index (χ4n) is 1.63. The Balaban J connectivity index is 2.76. The van der Waals surface area contributed by atoms with E-state index in [0.29, 0.717) is 6.54 Å². The highest BCUT2D eigenvalue weighted by atomic mass is 32.1. The van der Waals surface area contributed by atoms with Gasteiger partial charge in [0.05, 0.1) is 10.4 Å². The Hall–Kier alpha value is -0.870. The summed E-state index contributed by atoms with van der Waals surface area (Å²) in [4.78, 5) is 13.9. The predicted octanol–water partition coefficient (Wildman–Crippen LogP) is 2.30. The van der Waals surface area contributed by atoms with Crippen molar-refractivity contribution in [2.24, 2.45) is 5.73 Å². The van der Waals surface area contributed by atoms with E-state index in [9.17, 15) is 4.79 Å². The van der Waals surface area contributed by atoms with Crippen LogP contribution in [0.2, 0.25) is 0 Å². The minimum Gasteiger partial charge on any atom is -0.345 e. The van der Waals surface area contributed by atoms with E-state index in [2.05, 4.69) is 19.2 Å². The van der Waals surface area contributed by atoms with Crippen LogP contribution in [0.5, 0.6) is 0 Å². The van der Waals surface area contributed by atoms with Gasteiger partial charge in [-0.15, -0.1) is 11.3 Å². The zero-order valence-electron chi connectivity index (χ0n) is 10.2. The molecule has 4 heteroatoms. The van der Waals surface area contributed by atoms with Crippen molar-refractivity contribution in [3.05, 3.63) is 21.9 Å². The number of hydrogen-bond donors (Lipinski definition) is 2. The second-order valence-corrected chi connectivity index (χ2v) is 5.34. The minimum atomic E-state index is -0.255. The number of thiophene rings is 1. The largest absolute Gasteiger partial charge is 0.345 e. The van der Waals surface area contributed by atoms with Crippen LogP contribution in [0.3, 0.4) is 0 Å². The first-order valence-electron chi connectivity index (χ1n) is 5.66. The molecule has 0 aromatic carbocycles. The standard InChI is InChI=1S/C12H20N2OS/c1-4-12(5-2,8-13)14-11(15)10-7-6-9(3)16-10/h6-7H,4-5,8,13H2,1-3H3,(H,14,15). The molecule has 0 radical (unpaired) electrons. The molecule has 3 nitrogen and oxygen atoms in total. The minimum absolute atomic E-state index is 0.00718. The molecule has 0 fully saturated rings. The fraction of sp³-hybridized carbons (Fsp3) is 0.583. The number of aryl methyl sites for hydroxylation is 1. The van der Waals surface area contributed by atoms with Crippen molar-refractivity contribution in [2.75, 3.05) is 6.54 Å². The van der Waals surface area contributed by atoms with E-state index in [1.807, 2.05) is 19.1 Å². The van der Waals surface area contributed by atoms with Crippen LogP contribution in [0.4, 0.5) is 0 Å². The Morgan fingerprint density at radius 3 is 2.44 bits per heavy atom. The van der Waals surface area contributed by atoms with Crippen molar-refractivity contribution in [2.45, 2.75) is 39.2 Å². The number of carbonyl (C=O) groups excluding carboxylic acids is 1. The number of hydrogen-bond acceptors (Lipinski definition) is 3. The van der Waals surface area contributed by atoms with Gasteiger partial charge < -0.3 is 11.1 Å². The number of rotatable bonds is 5. The number of carbonyl (C=O) groups is 1. The summed E-state index contributed by atoms with van der Waals surface area (Å²) in [6.45, 7) is 6.58. The van der Waals surface area contributed by atoms with Crippen LogP contribution in [0, 0.1) is 6.92 Å². The highest BCUT2D eigenvalue weighted by Gasteiger charge is 2.27. The van der Waals surface area contributed by atoms with Crippen molar-refractivity contribution in [1.82, 2.24) is 5.32 Å². The summed E-state index contributed by atoms with van der Waals surface area (Å²) in [5.74, 6) is -0.00718. The lowest BCUT2D eigenvalue weighted by molar-refractivity contribution is 0.0899. The monoisotopic (exact) mass is 240 g/mol. The van der Waals surface area contributed by atoms with E-state index in [4.69, 9.17) is 5.73 Å². The van der Waals surface area contributed by atoms with Crippen LogP contribution in [-0.2, 0) is 0 Å². The summed E-state index contributed by atoms with van der Waals surface area (Å²) >= 11 is 1.52. The second-order valence-electron chi connectivity index (χ2n) is 4.06. The third kappa shape index (κ3) is 2.83. The lowest BCUT2D eigenvalue weighted by Crippen LogP contribution is -2.52. The molecular weight excluding hydrogens is 220 g/mol. The molecule has 0 saturated carbocycles. The lowest BCUT2D eigenvalue weighted by Gasteiger charge is -2.31. The summed E-state index contributed by atoms with van der Waals surface area (Å²) in [5.41, 5.74) is 5.49. The second kappa shape index (κ2) is 5.46. The van der Waals surface area contributed by atoms with Gasteiger partial charge in [-0.1, -0.05) is 13.8 Å². The normalized spacial score (nSPS) is 11.5. The third-order valence-electron chi connectivity index (χ3n) is 3.09. The Bertz CT molecular complexity index is 347. The van der Waals surface area contributed by atoms with Gasteiger partial charge in [0.25, 0.3) is 5.91 Å². The first-order valence-corrected chi connectivity index (χ1v) is 6.47. The quantitative estimate of drug-likeness (QED) is 0.829. The molecule has 1 rings (SSSR count). The van der Waals surface area contributed by atoms with Crippen molar-refractivity contribution in [1.29, 1.82) is 0 Å². The summed E-state index contributed by atoms with van der Waals surface area (Å²) in [7, 11) is 0. The van der Waals surface area contributed by atoms with Crippen LogP contribution in [0.15, 0.2) is 12.1 Å². The molecular formula is C12H20N2OS. The number of nitrogens with one attached hydrogen (secondary N) is 1. The van der Waals surface area contributed by atoms with Gasteiger partial charge >= 0.3 is 0 Å². The summed E-state index contributed by atoms with van der Waals surface area (Å²) in [5, 5.41) is 3.06. The number of nitrogens with two attached hydrogens (primary N) is 1. The molecule has 0 unspecified atom stereocenters. The molecule has 0 aliphatic rings. The van der Waals surface area contributed by atoms with Crippen molar-refractivity contribution in [3.8, 4) is 0 Å². The molecule has 0 bridgehead atoms.